The van der Waals surface area contributed by atoms with Crippen LogP contribution in [0.25, 0.3) is 0 Å². The molecule has 6 rings (SSSR count). The maximum atomic E-state index is 2.37. The van der Waals surface area contributed by atoms with Crippen LogP contribution in [0.2, 0.25) is 0 Å². The van der Waals surface area contributed by atoms with Crippen molar-refractivity contribution in [3.63, 3.8) is 0 Å². The lowest BCUT2D eigenvalue weighted by atomic mass is 9.72. The van der Waals surface area contributed by atoms with E-state index in [2.05, 4.69) is 325 Å². The van der Waals surface area contributed by atoms with Crippen LogP contribution in [0.4, 0.5) is 0 Å². The average Bonchev–Trinajstić information content (AvgIpc) is 0.845. The van der Waals surface area contributed by atoms with E-state index in [0.717, 1.165) is 6.42 Å². The Bertz CT molecular complexity index is 3010. The molecule has 0 bridgehead atoms. The molecule has 0 fully saturated rings. The molecule has 504 valence electrons. The maximum Gasteiger partial charge on any atom is -0.0126 e. The monoisotopic (exact) mass is 1230 g/mol. The van der Waals surface area contributed by atoms with Crippen LogP contribution < -0.4 is 0 Å². The molecule has 6 aromatic rings. The van der Waals surface area contributed by atoms with E-state index >= 15 is 0 Å². The molecule has 0 aromatic heterocycles. The lowest BCUT2D eigenvalue weighted by Crippen LogP contribution is -2.24. The minimum atomic E-state index is 0.221. The van der Waals surface area contributed by atoms with Gasteiger partial charge in [0, 0.05) is 0 Å². The van der Waals surface area contributed by atoms with Gasteiger partial charge in [0.15, 0.2) is 0 Å². The fraction of sp³-hybridized carbons (Fsp3) is 0.600. The van der Waals surface area contributed by atoms with Crippen LogP contribution in [0.1, 0.15) is 361 Å². The summed E-state index contributed by atoms with van der Waals surface area (Å²) in [5.41, 5.74) is 41.7. The highest BCUT2D eigenvalue weighted by Gasteiger charge is 2.28. The smallest absolute Gasteiger partial charge is 0.0126 e. The molecule has 0 spiro atoms. The van der Waals surface area contributed by atoms with Crippen molar-refractivity contribution in [1.29, 1.82) is 0 Å². The Morgan fingerprint density at radius 3 is 0.744 bits per heavy atom. The van der Waals surface area contributed by atoms with Gasteiger partial charge in [0.05, 0.1) is 0 Å². The molecule has 90 heavy (non-hydrogen) atoms. The van der Waals surface area contributed by atoms with Crippen molar-refractivity contribution in [3.8, 4) is 0 Å². The number of aryl methyl sites for hydroxylation is 10. The van der Waals surface area contributed by atoms with Crippen molar-refractivity contribution >= 4 is 0 Å². The molecular weight excluding hydrogens is 1080 g/mol. The first kappa shape index (κ1) is 83.3. The van der Waals surface area contributed by atoms with Crippen molar-refractivity contribution in [3.05, 3.63) is 205 Å². The minimum Gasteiger partial charge on any atom is -0.0613 e. The van der Waals surface area contributed by atoms with E-state index in [9.17, 15) is 0 Å². The largest absolute Gasteiger partial charge is 0.0613 e. The molecule has 0 heterocycles. The Balaban J connectivity index is 0.000000541. The Morgan fingerprint density at radius 2 is 0.522 bits per heavy atom. The molecular formula is C90H144. The zero-order valence-corrected chi connectivity index (χ0v) is 67.0. The van der Waals surface area contributed by atoms with E-state index in [1.54, 1.807) is 55.6 Å². The Morgan fingerprint density at radius 1 is 0.256 bits per heavy atom. The summed E-state index contributed by atoms with van der Waals surface area (Å²) in [5.74, 6) is 2.53. The van der Waals surface area contributed by atoms with Crippen molar-refractivity contribution in [2.24, 2.45) is 0 Å². The molecule has 0 unspecified atom stereocenters. The van der Waals surface area contributed by atoms with Crippen LogP contribution >= 0.6 is 0 Å². The third-order valence-electron chi connectivity index (χ3n) is 19.3. The summed E-state index contributed by atoms with van der Waals surface area (Å²) >= 11 is 0. The highest BCUT2D eigenvalue weighted by atomic mass is 14.3. The van der Waals surface area contributed by atoms with Crippen LogP contribution in [-0.2, 0) is 66.6 Å². The SMILES string of the molecule is CCc1c(C)c(CC)c(CC)c(C)c1CC.CCc1cc(C)c(CC)c(CC)c1C.Cc1cc(C(C)(C)C)c(C)cc1C(C)(C)C.Cc1cc(C(C)C)c(C)cc1C(C)C.Cc1ccc(C)c(C(C)(C)C)c1C(C)(C)C.Cc1ccc(C)c(C(C)C)c1C(C)C. The predicted molar refractivity (Wildman–Crippen MR) is 412 cm³/mol. The Hall–Kier alpha value is -4.68. The predicted octanol–water partition coefficient (Wildman–Crippen LogP) is 27.4. The maximum absolute atomic E-state index is 2.37. The quantitative estimate of drug-likeness (QED) is 0.121. The number of hydrogen-bond acceptors (Lipinski definition) is 0. The van der Waals surface area contributed by atoms with Crippen molar-refractivity contribution in [1.82, 2.24) is 0 Å². The summed E-state index contributed by atoms with van der Waals surface area (Å²) in [6.07, 6.45) is 8.19. The lowest BCUT2D eigenvalue weighted by molar-refractivity contribution is 0.524. The fourth-order valence-electron chi connectivity index (χ4n) is 15.3. The zero-order valence-electron chi connectivity index (χ0n) is 67.0. The summed E-state index contributed by atoms with van der Waals surface area (Å²) in [6.45, 7) is 88.6. The second kappa shape index (κ2) is 35.6. The molecule has 0 amide bonds. The first-order chi connectivity index (χ1) is 41.2. The minimum absolute atomic E-state index is 0.221. The first-order valence-electron chi connectivity index (χ1n) is 35.9. The second-order valence-electron chi connectivity index (χ2n) is 32.2. The zero-order chi connectivity index (χ0) is 70.2. The lowest BCUT2D eigenvalue weighted by Gasteiger charge is -2.33. The second-order valence-corrected chi connectivity index (χ2v) is 32.2. The topological polar surface area (TPSA) is 0 Å². The molecule has 0 radical (unpaired) electrons. The molecule has 0 nitrogen and oxygen atoms in total. The van der Waals surface area contributed by atoms with Gasteiger partial charge in [-0.3, -0.25) is 0 Å². The Labute approximate surface area is 561 Å². The third kappa shape index (κ3) is 22.2. The molecule has 0 atom stereocenters. The highest BCUT2D eigenvalue weighted by molar-refractivity contribution is 5.52. The average molecular weight is 1230 g/mol. The summed E-state index contributed by atoms with van der Waals surface area (Å²) in [5, 5.41) is 0. The number of rotatable bonds is 11. The van der Waals surface area contributed by atoms with Gasteiger partial charge in [0.2, 0.25) is 0 Å². The van der Waals surface area contributed by atoms with E-state index in [1.165, 1.54) is 133 Å². The van der Waals surface area contributed by atoms with Crippen LogP contribution in [0.5, 0.6) is 0 Å². The van der Waals surface area contributed by atoms with E-state index in [0.29, 0.717) is 23.7 Å². The molecule has 6 aromatic carbocycles. The van der Waals surface area contributed by atoms with Gasteiger partial charge in [0.1, 0.15) is 0 Å². The third-order valence-corrected chi connectivity index (χ3v) is 19.3. The van der Waals surface area contributed by atoms with Gasteiger partial charge in [-0.1, -0.05) is 242 Å². The normalized spacial score (nSPS) is 11.8. The molecule has 0 aliphatic rings. The van der Waals surface area contributed by atoms with Gasteiger partial charge >= 0.3 is 0 Å². The fourth-order valence-corrected chi connectivity index (χ4v) is 15.3. The summed E-state index contributed by atoms with van der Waals surface area (Å²) < 4.78 is 0. The van der Waals surface area contributed by atoms with Crippen LogP contribution in [-0.4, -0.2) is 0 Å². The van der Waals surface area contributed by atoms with E-state index in [-0.39, 0.29) is 21.7 Å². The molecule has 0 aliphatic carbocycles. The van der Waals surface area contributed by atoms with E-state index < -0.39 is 0 Å². The molecule has 0 saturated heterocycles. The molecule has 0 saturated carbocycles. The van der Waals surface area contributed by atoms with E-state index in [1.807, 2.05) is 0 Å². The first-order valence-corrected chi connectivity index (χ1v) is 35.9. The van der Waals surface area contributed by atoms with Crippen molar-refractivity contribution < 1.29 is 0 Å². The summed E-state index contributed by atoms with van der Waals surface area (Å²) in [6, 6.07) is 20.8. The van der Waals surface area contributed by atoms with Gasteiger partial charge in [0.25, 0.3) is 0 Å². The van der Waals surface area contributed by atoms with E-state index in [4.69, 9.17) is 0 Å². The standard InChI is InChI=1S/3C16H26.3C14H22/c1-11-9-14(16(6,7)8)12(2)10-13(11)15(3,4)5;1-11-9-10-12(2)14(16(6,7)8)13(11)15(3,4)5;1-7-13-11(5)15(9-3)16(10-4)12(6)14(13)8-2;1-9(2)13-7-12(6)14(10(3)4)8-11(13)5;1-9(2)13-11(5)7-8-12(6)14(13)10(3)4;1-6-12-9-10(4)13(7-2)14(8-3)11(12)5/h2*9-10H,1-8H3;7-10H2,1-6H3;2*7-10H,1-6H3;9H,6-8H2,1-5H3. The van der Waals surface area contributed by atoms with Gasteiger partial charge in [-0.2, -0.15) is 0 Å². The van der Waals surface area contributed by atoms with Crippen LogP contribution in [0.3, 0.4) is 0 Å². The number of hydrogen-bond donors (Lipinski definition) is 0. The van der Waals surface area contributed by atoms with Crippen LogP contribution in [0, 0.1) is 83.1 Å². The molecule has 0 N–H and O–H groups in total. The number of benzene rings is 6. The summed E-state index contributed by atoms with van der Waals surface area (Å²) in [7, 11) is 0. The molecule has 0 aliphatic heterocycles. The van der Waals surface area contributed by atoms with Crippen LogP contribution in [0.15, 0.2) is 54.6 Å². The summed E-state index contributed by atoms with van der Waals surface area (Å²) in [4.78, 5) is 0. The van der Waals surface area contributed by atoms with Gasteiger partial charge in [-0.05, 0) is 324 Å². The highest BCUT2D eigenvalue weighted by Crippen LogP contribution is 2.39. The van der Waals surface area contributed by atoms with Gasteiger partial charge in [-0.25, -0.2) is 0 Å². The van der Waals surface area contributed by atoms with Gasteiger partial charge in [-0.15, -0.1) is 0 Å². The van der Waals surface area contributed by atoms with Gasteiger partial charge < -0.3 is 0 Å². The Kier molecular flexibility index (Phi) is 32.9. The molecule has 0 heteroatoms. The van der Waals surface area contributed by atoms with Crippen molar-refractivity contribution in [2.75, 3.05) is 0 Å². The van der Waals surface area contributed by atoms with Crippen molar-refractivity contribution in [2.45, 2.75) is 360 Å².